The minimum absolute atomic E-state index is 0.164. The highest BCUT2D eigenvalue weighted by molar-refractivity contribution is 6.01. The van der Waals surface area contributed by atoms with Gasteiger partial charge in [-0.2, -0.15) is 0 Å². The summed E-state index contributed by atoms with van der Waals surface area (Å²) in [5.74, 6) is 0.725. The molecule has 1 fully saturated rings. The largest absolute Gasteiger partial charge is 0.383 e. The van der Waals surface area contributed by atoms with E-state index >= 15 is 0 Å². The smallest absolute Gasteiger partial charge is 0.169 e. The Morgan fingerprint density at radius 2 is 2.31 bits per heavy atom. The lowest BCUT2D eigenvalue weighted by atomic mass is 9.80. The molecule has 1 saturated carbocycles. The lowest BCUT2D eigenvalue weighted by molar-refractivity contribution is 0.0856. The van der Waals surface area contributed by atoms with Crippen molar-refractivity contribution in [2.24, 2.45) is 5.92 Å². The predicted molar refractivity (Wildman–Crippen MR) is 50.3 cm³/mol. The van der Waals surface area contributed by atoms with Crippen molar-refractivity contribution in [1.29, 1.82) is 0 Å². The fourth-order valence-corrected chi connectivity index (χ4v) is 1.52. The molecule has 68 valence electrons. The van der Waals surface area contributed by atoms with Crippen molar-refractivity contribution in [3.8, 4) is 0 Å². The Hall–Kier alpha value is -1.38. The minimum atomic E-state index is 0.164. The molecule has 0 spiro atoms. The van der Waals surface area contributed by atoms with E-state index < -0.39 is 0 Å². The van der Waals surface area contributed by atoms with Crippen LogP contribution in [-0.2, 0) is 0 Å². The van der Waals surface area contributed by atoms with Crippen molar-refractivity contribution in [3.05, 3.63) is 23.9 Å². The molecule has 0 aromatic carbocycles. The van der Waals surface area contributed by atoms with Gasteiger partial charge in [0.25, 0.3) is 0 Å². The quantitative estimate of drug-likeness (QED) is 0.697. The van der Waals surface area contributed by atoms with E-state index in [1.54, 1.807) is 18.3 Å². The topological polar surface area (TPSA) is 56.0 Å². The Kier molecular flexibility index (Phi) is 2.00. The molecule has 3 heteroatoms. The zero-order valence-corrected chi connectivity index (χ0v) is 7.36. The van der Waals surface area contributed by atoms with Crippen molar-refractivity contribution in [1.82, 2.24) is 4.98 Å². The SMILES string of the molecule is Nc1ncccc1C(=O)C1CCC1. The first-order chi connectivity index (χ1) is 6.29. The van der Waals surface area contributed by atoms with Gasteiger partial charge in [-0.25, -0.2) is 4.98 Å². The number of pyridine rings is 1. The molecule has 1 aliphatic carbocycles. The standard InChI is InChI=1S/C10H12N2O/c11-10-8(5-2-6-12-10)9(13)7-3-1-4-7/h2,5-7H,1,3-4H2,(H2,11,12). The molecule has 0 bridgehead atoms. The number of rotatable bonds is 2. The summed E-state index contributed by atoms with van der Waals surface area (Å²) in [6.45, 7) is 0. The number of aromatic nitrogens is 1. The maximum atomic E-state index is 11.7. The summed E-state index contributed by atoms with van der Waals surface area (Å²) < 4.78 is 0. The highest BCUT2D eigenvalue weighted by Gasteiger charge is 2.27. The predicted octanol–water partition coefficient (Wildman–Crippen LogP) is 1.65. The Morgan fingerprint density at radius 3 is 2.85 bits per heavy atom. The summed E-state index contributed by atoms with van der Waals surface area (Å²) >= 11 is 0. The number of carbonyl (C=O) groups is 1. The van der Waals surface area contributed by atoms with E-state index in [4.69, 9.17) is 5.73 Å². The van der Waals surface area contributed by atoms with Crippen molar-refractivity contribution < 1.29 is 4.79 Å². The first-order valence-corrected chi connectivity index (χ1v) is 4.54. The van der Waals surface area contributed by atoms with Crippen LogP contribution in [0, 0.1) is 5.92 Å². The second-order valence-electron chi connectivity index (χ2n) is 3.43. The molecule has 1 aromatic rings. The molecule has 1 aromatic heterocycles. The lowest BCUT2D eigenvalue weighted by Crippen LogP contribution is -2.23. The van der Waals surface area contributed by atoms with Gasteiger partial charge in [0.2, 0.25) is 0 Å². The van der Waals surface area contributed by atoms with Crippen LogP contribution in [0.3, 0.4) is 0 Å². The van der Waals surface area contributed by atoms with E-state index in [0.29, 0.717) is 11.4 Å². The number of nitrogens with two attached hydrogens (primary N) is 1. The van der Waals surface area contributed by atoms with Gasteiger partial charge in [0.15, 0.2) is 5.78 Å². The third-order valence-electron chi connectivity index (χ3n) is 2.58. The third kappa shape index (κ3) is 1.41. The average molecular weight is 176 g/mol. The van der Waals surface area contributed by atoms with Gasteiger partial charge >= 0.3 is 0 Å². The van der Waals surface area contributed by atoms with E-state index in [9.17, 15) is 4.79 Å². The van der Waals surface area contributed by atoms with E-state index in [1.165, 1.54) is 0 Å². The summed E-state index contributed by atoms with van der Waals surface area (Å²) in [5, 5.41) is 0. The van der Waals surface area contributed by atoms with Crippen LogP contribution in [0.25, 0.3) is 0 Å². The van der Waals surface area contributed by atoms with Crippen molar-refractivity contribution >= 4 is 11.6 Å². The van der Waals surface area contributed by atoms with E-state index in [1.807, 2.05) is 0 Å². The van der Waals surface area contributed by atoms with Crippen LogP contribution >= 0.6 is 0 Å². The van der Waals surface area contributed by atoms with Crippen LogP contribution in [0.4, 0.5) is 5.82 Å². The molecule has 1 heterocycles. The van der Waals surface area contributed by atoms with Gasteiger partial charge in [-0.15, -0.1) is 0 Å². The van der Waals surface area contributed by atoms with Crippen LogP contribution in [0.5, 0.6) is 0 Å². The van der Waals surface area contributed by atoms with Crippen LogP contribution in [0.1, 0.15) is 29.6 Å². The van der Waals surface area contributed by atoms with Crippen molar-refractivity contribution in [2.75, 3.05) is 5.73 Å². The zero-order valence-electron chi connectivity index (χ0n) is 7.36. The molecule has 0 saturated heterocycles. The summed E-state index contributed by atoms with van der Waals surface area (Å²) in [6.07, 6.45) is 4.78. The number of hydrogen-bond donors (Lipinski definition) is 1. The molecule has 0 aliphatic heterocycles. The average Bonchev–Trinajstić information content (AvgIpc) is 2.01. The maximum Gasteiger partial charge on any atom is 0.169 e. The van der Waals surface area contributed by atoms with E-state index in [-0.39, 0.29) is 11.7 Å². The van der Waals surface area contributed by atoms with Crippen LogP contribution in [0.15, 0.2) is 18.3 Å². The fraction of sp³-hybridized carbons (Fsp3) is 0.400. The summed E-state index contributed by atoms with van der Waals surface area (Å²) in [4.78, 5) is 15.6. The number of nitrogens with zero attached hydrogens (tertiary/aromatic N) is 1. The van der Waals surface area contributed by atoms with Crippen molar-refractivity contribution in [2.45, 2.75) is 19.3 Å². The van der Waals surface area contributed by atoms with Gasteiger partial charge in [0, 0.05) is 12.1 Å². The van der Waals surface area contributed by atoms with Gasteiger partial charge in [-0.05, 0) is 25.0 Å². The number of ketones is 1. The molecule has 2 N–H and O–H groups in total. The zero-order chi connectivity index (χ0) is 9.26. The highest BCUT2D eigenvalue weighted by atomic mass is 16.1. The summed E-state index contributed by atoms with van der Waals surface area (Å²) in [6, 6.07) is 3.51. The molecule has 1 aliphatic rings. The Bertz CT molecular complexity index is 331. The van der Waals surface area contributed by atoms with Crippen molar-refractivity contribution in [3.63, 3.8) is 0 Å². The lowest BCUT2D eigenvalue weighted by Gasteiger charge is -2.23. The van der Waals surface area contributed by atoms with E-state index in [2.05, 4.69) is 4.98 Å². The minimum Gasteiger partial charge on any atom is -0.383 e. The third-order valence-corrected chi connectivity index (χ3v) is 2.58. The molecule has 13 heavy (non-hydrogen) atoms. The number of carbonyl (C=O) groups excluding carboxylic acids is 1. The number of hydrogen-bond acceptors (Lipinski definition) is 3. The van der Waals surface area contributed by atoms with Crippen LogP contribution in [-0.4, -0.2) is 10.8 Å². The molecule has 2 rings (SSSR count). The Balaban J connectivity index is 2.24. The first kappa shape index (κ1) is 8.23. The van der Waals surface area contributed by atoms with Crippen LogP contribution < -0.4 is 5.73 Å². The number of anilines is 1. The van der Waals surface area contributed by atoms with Crippen LogP contribution in [0.2, 0.25) is 0 Å². The fourth-order valence-electron chi connectivity index (χ4n) is 1.52. The molecule has 0 unspecified atom stereocenters. The number of nitrogen functional groups attached to an aromatic ring is 1. The summed E-state index contributed by atoms with van der Waals surface area (Å²) in [5.41, 5.74) is 6.20. The second kappa shape index (κ2) is 3.17. The van der Waals surface area contributed by atoms with Gasteiger partial charge in [-0.1, -0.05) is 6.42 Å². The number of Topliss-reactive ketones (excluding diaryl/α,β-unsaturated/α-hetero) is 1. The van der Waals surface area contributed by atoms with Gasteiger partial charge in [0.05, 0.1) is 5.56 Å². The first-order valence-electron chi connectivity index (χ1n) is 4.54. The Labute approximate surface area is 77.0 Å². The monoisotopic (exact) mass is 176 g/mol. The normalized spacial score (nSPS) is 16.6. The molecule has 0 atom stereocenters. The Morgan fingerprint density at radius 1 is 1.54 bits per heavy atom. The second-order valence-corrected chi connectivity index (χ2v) is 3.43. The van der Waals surface area contributed by atoms with E-state index in [0.717, 1.165) is 19.3 Å². The molecule has 3 nitrogen and oxygen atoms in total. The van der Waals surface area contributed by atoms with Gasteiger partial charge in [-0.3, -0.25) is 4.79 Å². The summed E-state index contributed by atoms with van der Waals surface area (Å²) in [7, 11) is 0. The van der Waals surface area contributed by atoms with Gasteiger partial charge in [0.1, 0.15) is 5.82 Å². The molecular weight excluding hydrogens is 164 g/mol. The molecule has 0 radical (unpaired) electrons. The highest BCUT2D eigenvalue weighted by Crippen LogP contribution is 2.30. The maximum absolute atomic E-state index is 11.7. The molecule has 0 amide bonds. The molecular formula is C10H12N2O. The van der Waals surface area contributed by atoms with Gasteiger partial charge < -0.3 is 5.73 Å².